The van der Waals surface area contributed by atoms with Gasteiger partial charge in [-0.15, -0.1) is 0 Å². The van der Waals surface area contributed by atoms with Crippen molar-refractivity contribution in [3.8, 4) is 0 Å². The van der Waals surface area contributed by atoms with Crippen LogP contribution in [0.25, 0.3) is 0 Å². The molecule has 0 saturated carbocycles. The van der Waals surface area contributed by atoms with Crippen molar-refractivity contribution in [1.29, 1.82) is 0 Å². The molecule has 0 aliphatic carbocycles. The second kappa shape index (κ2) is 7.13. The average molecular weight is 361 g/mol. The lowest BCUT2D eigenvalue weighted by Gasteiger charge is -2.32. The van der Waals surface area contributed by atoms with Gasteiger partial charge in [0, 0.05) is 5.69 Å². The van der Waals surface area contributed by atoms with Crippen LogP contribution in [0.1, 0.15) is 43.6 Å². The van der Waals surface area contributed by atoms with Gasteiger partial charge < -0.3 is 19.2 Å². The molecule has 0 bridgehead atoms. The Balaban J connectivity index is 2.41. The summed E-state index contributed by atoms with van der Waals surface area (Å²) in [7, 11) is -0.746. The molecule has 0 aromatic heterocycles. The first kappa shape index (κ1) is 20.0. The Hall–Kier alpha value is -2.32. The molecule has 1 heterocycles. The second-order valence-electron chi connectivity index (χ2n) is 7.14. The molecule has 2 N–H and O–H groups in total. The topological polar surface area (TPSA) is 94.1 Å². The molecule has 1 aliphatic rings. The zero-order valence-electron chi connectivity index (χ0n) is 15.7. The molecule has 0 atom stereocenters. The summed E-state index contributed by atoms with van der Waals surface area (Å²) in [5.41, 5.74) is 0.256. The van der Waals surface area contributed by atoms with Crippen LogP contribution in [0.15, 0.2) is 24.8 Å². The van der Waals surface area contributed by atoms with Crippen LogP contribution in [0.2, 0.25) is 0 Å². The van der Waals surface area contributed by atoms with Crippen LogP contribution >= 0.6 is 0 Å². The number of carboxylic acid groups (broad SMARTS) is 1. The maximum atomic E-state index is 11.8. The Morgan fingerprint density at radius 3 is 2.35 bits per heavy atom. The van der Waals surface area contributed by atoms with Gasteiger partial charge in [-0.2, -0.15) is 0 Å². The van der Waals surface area contributed by atoms with E-state index in [2.05, 4.69) is 11.9 Å². The number of hydrogen-bond acceptors (Lipinski definition) is 5. The number of anilines is 1. The predicted molar refractivity (Wildman–Crippen MR) is 99.0 cm³/mol. The van der Waals surface area contributed by atoms with E-state index in [0.717, 1.165) is 0 Å². The van der Waals surface area contributed by atoms with Crippen LogP contribution in [-0.2, 0) is 14.0 Å². The normalized spacial score (nSPS) is 17.7. The third-order valence-corrected chi connectivity index (χ3v) is 4.76. The summed E-state index contributed by atoms with van der Waals surface area (Å²) < 4.78 is 16.9. The van der Waals surface area contributed by atoms with Gasteiger partial charge in [0.15, 0.2) is 0 Å². The van der Waals surface area contributed by atoms with Gasteiger partial charge in [0.05, 0.1) is 16.8 Å². The average Bonchev–Trinajstić information content (AvgIpc) is 2.74. The largest absolute Gasteiger partial charge is 0.495 e. The lowest BCUT2D eigenvalue weighted by atomic mass is 9.74. The van der Waals surface area contributed by atoms with E-state index in [1.165, 1.54) is 12.1 Å². The number of carboxylic acids is 1. The van der Waals surface area contributed by atoms with Crippen molar-refractivity contribution in [2.24, 2.45) is 0 Å². The molecule has 26 heavy (non-hydrogen) atoms. The summed E-state index contributed by atoms with van der Waals surface area (Å²) >= 11 is 0. The molecule has 1 saturated heterocycles. The van der Waals surface area contributed by atoms with Gasteiger partial charge in [-0.05, 0) is 57.8 Å². The van der Waals surface area contributed by atoms with E-state index >= 15 is 0 Å². The second-order valence-corrected chi connectivity index (χ2v) is 7.14. The Morgan fingerprint density at radius 2 is 1.85 bits per heavy atom. The monoisotopic (exact) mass is 361 g/mol. The van der Waals surface area contributed by atoms with Gasteiger partial charge in [0.25, 0.3) is 0 Å². The molecular weight excluding hydrogens is 337 g/mol. The molecule has 7 nitrogen and oxygen atoms in total. The molecular formula is C18H24BNO6. The smallest absolute Gasteiger partial charge is 0.478 e. The van der Waals surface area contributed by atoms with Gasteiger partial charge in [0.1, 0.15) is 6.61 Å². The van der Waals surface area contributed by atoms with Gasteiger partial charge in [-0.1, -0.05) is 12.7 Å². The minimum atomic E-state index is -1.11. The molecule has 0 unspecified atom stereocenters. The molecule has 2 rings (SSSR count). The number of rotatable bonds is 5. The number of hydrogen-bond donors (Lipinski definition) is 2. The fourth-order valence-corrected chi connectivity index (χ4v) is 2.53. The zero-order valence-corrected chi connectivity index (χ0v) is 15.7. The highest BCUT2D eigenvalue weighted by Crippen LogP contribution is 2.37. The van der Waals surface area contributed by atoms with Gasteiger partial charge in [-0.25, -0.2) is 9.59 Å². The number of ether oxygens (including phenoxy) is 1. The Morgan fingerprint density at radius 1 is 1.27 bits per heavy atom. The summed E-state index contributed by atoms with van der Waals surface area (Å²) in [6, 6.07) is 3.01. The van der Waals surface area contributed by atoms with Crippen LogP contribution in [0.5, 0.6) is 0 Å². The fraction of sp³-hybridized carbons (Fsp3) is 0.444. The van der Waals surface area contributed by atoms with E-state index < -0.39 is 30.4 Å². The van der Waals surface area contributed by atoms with Crippen molar-refractivity contribution >= 4 is 30.3 Å². The number of nitrogens with one attached hydrogen (secondary N) is 1. The van der Waals surface area contributed by atoms with Crippen LogP contribution in [-0.4, -0.2) is 42.1 Å². The lowest BCUT2D eigenvalue weighted by molar-refractivity contribution is 0.00578. The Kier molecular flexibility index (Phi) is 5.48. The first-order valence-electron chi connectivity index (χ1n) is 8.26. The summed E-state index contributed by atoms with van der Waals surface area (Å²) in [5.74, 6) is -1.11. The molecule has 1 fully saturated rings. The number of carbonyl (C=O) groups is 2. The van der Waals surface area contributed by atoms with Crippen molar-refractivity contribution in [3.05, 3.63) is 35.9 Å². The van der Waals surface area contributed by atoms with Crippen LogP contribution in [0.4, 0.5) is 10.5 Å². The quantitative estimate of drug-likeness (QED) is 0.619. The minimum Gasteiger partial charge on any atom is -0.478 e. The van der Waals surface area contributed by atoms with E-state index in [0.29, 0.717) is 11.0 Å². The van der Waals surface area contributed by atoms with Crippen molar-refractivity contribution in [3.63, 3.8) is 0 Å². The fourth-order valence-electron chi connectivity index (χ4n) is 2.53. The maximum absolute atomic E-state index is 11.8. The van der Waals surface area contributed by atoms with E-state index in [-0.39, 0.29) is 17.9 Å². The molecule has 1 aliphatic heterocycles. The summed E-state index contributed by atoms with van der Waals surface area (Å²) in [6.07, 6.45) is 0.734. The van der Waals surface area contributed by atoms with E-state index in [9.17, 15) is 14.7 Å². The van der Waals surface area contributed by atoms with Crippen LogP contribution in [0, 0.1) is 6.92 Å². The maximum Gasteiger partial charge on any atom is 0.495 e. The van der Waals surface area contributed by atoms with Gasteiger partial charge in [-0.3, -0.25) is 5.32 Å². The van der Waals surface area contributed by atoms with Crippen molar-refractivity contribution in [2.75, 3.05) is 11.9 Å². The first-order valence-corrected chi connectivity index (χ1v) is 8.26. The van der Waals surface area contributed by atoms with Crippen molar-refractivity contribution in [1.82, 2.24) is 0 Å². The minimum absolute atomic E-state index is 0.0492. The van der Waals surface area contributed by atoms with Gasteiger partial charge >= 0.3 is 19.2 Å². The Bertz CT molecular complexity index is 727. The standard InChI is InChI=1S/C18H24BNO6/c1-7-8-24-16(23)20-12-9-13(15(21)22)11(2)14(10-12)19-25-17(3,4)18(5,6)26-19/h7,9-10H,1,8H2,2-6H3,(H,20,23)(H,21,22). The molecule has 1 amide bonds. The molecule has 1 aromatic carbocycles. The van der Waals surface area contributed by atoms with Gasteiger partial charge in [0.2, 0.25) is 0 Å². The van der Waals surface area contributed by atoms with Crippen molar-refractivity contribution in [2.45, 2.75) is 45.8 Å². The number of carbonyl (C=O) groups excluding carboxylic acids is 1. The van der Waals surface area contributed by atoms with E-state index in [1.807, 2.05) is 27.7 Å². The summed E-state index contributed by atoms with van der Waals surface area (Å²) in [5, 5.41) is 12.0. The number of aromatic carboxylic acids is 1. The zero-order chi connectivity index (χ0) is 19.7. The van der Waals surface area contributed by atoms with Crippen molar-refractivity contribution < 1.29 is 28.7 Å². The molecule has 1 aromatic rings. The Labute approximate surface area is 153 Å². The summed E-state index contributed by atoms with van der Waals surface area (Å²) in [6.45, 7) is 12.8. The lowest BCUT2D eigenvalue weighted by Crippen LogP contribution is -2.41. The molecule has 140 valence electrons. The highest BCUT2D eigenvalue weighted by atomic mass is 16.7. The first-order chi connectivity index (χ1) is 12.0. The number of amides is 1. The highest BCUT2D eigenvalue weighted by molar-refractivity contribution is 6.63. The molecule has 0 radical (unpaired) electrons. The third-order valence-electron chi connectivity index (χ3n) is 4.76. The highest BCUT2D eigenvalue weighted by Gasteiger charge is 2.52. The summed E-state index contributed by atoms with van der Waals surface area (Å²) in [4.78, 5) is 23.4. The third kappa shape index (κ3) is 3.91. The molecule has 0 spiro atoms. The molecule has 8 heteroatoms. The SMILES string of the molecule is C=CCOC(=O)Nc1cc(B2OC(C)(C)C(C)(C)O2)c(C)c(C(=O)O)c1. The van der Waals surface area contributed by atoms with E-state index in [1.54, 1.807) is 13.0 Å². The number of benzene rings is 1. The van der Waals surface area contributed by atoms with E-state index in [4.69, 9.17) is 14.0 Å². The van der Waals surface area contributed by atoms with Crippen LogP contribution < -0.4 is 10.8 Å². The predicted octanol–water partition coefficient (Wildman–Crippen LogP) is 2.73. The van der Waals surface area contributed by atoms with Crippen LogP contribution in [0.3, 0.4) is 0 Å².